The molecule has 1 saturated heterocycles. The summed E-state index contributed by atoms with van der Waals surface area (Å²) in [6.07, 6.45) is 6.70. The van der Waals surface area contributed by atoms with Gasteiger partial charge in [-0.2, -0.15) is 4.98 Å². The Balaban J connectivity index is 1.64. The van der Waals surface area contributed by atoms with Crippen LogP contribution < -0.4 is 5.32 Å². The number of nitrogens with zero attached hydrogens (tertiary/aromatic N) is 3. The minimum absolute atomic E-state index is 0.255. The fourth-order valence-electron chi connectivity index (χ4n) is 2.53. The Morgan fingerprint density at radius 1 is 1.28 bits per heavy atom. The zero-order valence-corrected chi connectivity index (χ0v) is 10.1. The minimum atomic E-state index is 0.255. The molecule has 94 valence electrons. The van der Waals surface area contributed by atoms with Crippen molar-refractivity contribution < 1.29 is 4.52 Å². The van der Waals surface area contributed by atoms with E-state index in [0.717, 1.165) is 24.8 Å². The van der Waals surface area contributed by atoms with Crippen LogP contribution in [0, 0.1) is 5.92 Å². The third-order valence-electron chi connectivity index (χ3n) is 3.87. The number of hydrogen-bond donors (Lipinski definition) is 1. The van der Waals surface area contributed by atoms with Gasteiger partial charge in [-0.15, -0.1) is 0 Å². The van der Waals surface area contributed by atoms with Crippen molar-refractivity contribution in [2.24, 2.45) is 5.92 Å². The summed E-state index contributed by atoms with van der Waals surface area (Å²) in [5.41, 5.74) is 0. The smallest absolute Gasteiger partial charge is 0.232 e. The first-order chi connectivity index (χ1) is 8.92. The van der Waals surface area contributed by atoms with Gasteiger partial charge in [0.15, 0.2) is 5.82 Å². The average Bonchev–Trinajstić information content (AvgIpc) is 2.80. The van der Waals surface area contributed by atoms with E-state index in [4.69, 9.17) is 4.52 Å². The zero-order valence-electron chi connectivity index (χ0n) is 10.1. The summed E-state index contributed by atoms with van der Waals surface area (Å²) in [5.74, 6) is 2.72. The van der Waals surface area contributed by atoms with Crippen LogP contribution in [0.1, 0.15) is 36.5 Å². The largest absolute Gasteiger partial charge is 0.343 e. The molecule has 1 saturated carbocycles. The molecule has 0 radical (unpaired) electrons. The van der Waals surface area contributed by atoms with Crippen molar-refractivity contribution in [3.05, 3.63) is 36.2 Å². The molecule has 1 atom stereocenters. The van der Waals surface area contributed by atoms with Gasteiger partial charge in [-0.1, -0.05) is 5.16 Å². The molecule has 0 aromatic carbocycles. The van der Waals surface area contributed by atoms with Crippen LogP contribution >= 0.6 is 0 Å². The van der Waals surface area contributed by atoms with Gasteiger partial charge in [0.2, 0.25) is 5.89 Å². The Morgan fingerprint density at radius 2 is 2.06 bits per heavy atom. The van der Waals surface area contributed by atoms with Gasteiger partial charge in [0, 0.05) is 25.5 Å². The zero-order chi connectivity index (χ0) is 11.9. The molecule has 5 heteroatoms. The summed E-state index contributed by atoms with van der Waals surface area (Å²) in [5, 5.41) is 7.43. The summed E-state index contributed by atoms with van der Waals surface area (Å²) < 4.78 is 7.61. The van der Waals surface area contributed by atoms with E-state index in [0.29, 0.717) is 11.8 Å². The molecule has 0 spiro atoms. The van der Waals surface area contributed by atoms with Crippen molar-refractivity contribution in [1.29, 1.82) is 0 Å². The second kappa shape index (κ2) is 3.95. The molecule has 2 fully saturated rings. The van der Waals surface area contributed by atoms with Crippen LogP contribution in [0.5, 0.6) is 0 Å². The Kier molecular flexibility index (Phi) is 2.26. The highest BCUT2D eigenvalue weighted by atomic mass is 16.5. The van der Waals surface area contributed by atoms with Crippen molar-refractivity contribution in [3.8, 4) is 0 Å². The molecular weight excluding hydrogens is 228 g/mol. The molecular formula is C13H16N4O. The van der Waals surface area contributed by atoms with E-state index in [1.54, 1.807) is 0 Å². The van der Waals surface area contributed by atoms with Crippen molar-refractivity contribution in [2.75, 3.05) is 13.1 Å². The molecule has 2 aromatic heterocycles. The molecule has 1 aliphatic carbocycles. The SMILES string of the molecule is c1ccn([C@H](c2noc(C3CNC3)n2)C2CC2)c1. The second-order valence-corrected chi connectivity index (χ2v) is 5.26. The van der Waals surface area contributed by atoms with Crippen molar-refractivity contribution in [1.82, 2.24) is 20.0 Å². The number of hydrogen-bond acceptors (Lipinski definition) is 4. The Hall–Kier alpha value is -1.62. The highest BCUT2D eigenvalue weighted by molar-refractivity contribution is 5.09. The van der Waals surface area contributed by atoms with Gasteiger partial charge >= 0.3 is 0 Å². The fourth-order valence-corrected chi connectivity index (χ4v) is 2.53. The van der Waals surface area contributed by atoms with Crippen molar-refractivity contribution in [2.45, 2.75) is 24.8 Å². The molecule has 1 N–H and O–H groups in total. The Bertz CT molecular complexity index is 525. The van der Waals surface area contributed by atoms with Gasteiger partial charge < -0.3 is 14.4 Å². The lowest BCUT2D eigenvalue weighted by molar-refractivity contribution is 0.303. The standard InChI is InChI=1S/C13H16N4O/c1-2-6-17(5-1)11(9-3-4-9)12-15-13(18-16-12)10-7-14-8-10/h1-2,5-6,9-11,14H,3-4,7-8H2/t11-/m0/s1. The topological polar surface area (TPSA) is 55.9 Å². The molecule has 18 heavy (non-hydrogen) atoms. The van der Waals surface area contributed by atoms with Crippen molar-refractivity contribution >= 4 is 0 Å². The molecule has 2 aliphatic rings. The third-order valence-corrected chi connectivity index (χ3v) is 3.87. The lowest BCUT2D eigenvalue weighted by Gasteiger charge is -2.22. The first-order valence-electron chi connectivity index (χ1n) is 6.58. The molecule has 0 unspecified atom stereocenters. The maximum Gasteiger partial charge on any atom is 0.232 e. The van der Waals surface area contributed by atoms with E-state index < -0.39 is 0 Å². The van der Waals surface area contributed by atoms with Gasteiger partial charge in [-0.3, -0.25) is 0 Å². The predicted octanol–water partition coefficient (Wildman–Crippen LogP) is 1.56. The van der Waals surface area contributed by atoms with Crippen LogP contribution in [0.3, 0.4) is 0 Å². The lowest BCUT2D eigenvalue weighted by Crippen LogP contribution is -2.40. The van der Waals surface area contributed by atoms with Crippen LogP contribution in [0.25, 0.3) is 0 Å². The number of rotatable bonds is 4. The monoisotopic (exact) mass is 244 g/mol. The van der Waals surface area contributed by atoms with Gasteiger partial charge in [-0.05, 0) is 30.9 Å². The summed E-state index contributed by atoms with van der Waals surface area (Å²) in [7, 11) is 0. The first-order valence-corrected chi connectivity index (χ1v) is 6.58. The maximum absolute atomic E-state index is 5.41. The van der Waals surface area contributed by atoms with Gasteiger partial charge in [0.25, 0.3) is 0 Å². The van der Waals surface area contributed by atoms with Crippen LogP contribution in [0.15, 0.2) is 29.0 Å². The molecule has 5 nitrogen and oxygen atoms in total. The normalized spacial score (nSPS) is 21.8. The predicted molar refractivity (Wildman–Crippen MR) is 65.2 cm³/mol. The maximum atomic E-state index is 5.41. The second-order valence-electron chi connectivity index (χ2n) is 5.26. The van der Waals surface area contributed by atoms with Crippen LogP contribution in [-0.4, -0.2) is 27.8 Å². The van der Waals surface area contributed by atoms with E-state index in [-0.39, 0.29) is 6.04 Å². The molecule has 1 aliphatic heterocycles. The quantitative estimate of drug-likeness (QED) is 0.886. The van der Waals surface area contributed by atoms with Gasteiger partial charge in [0.05, 0.1) is 12.0 Å². The third kappa shape index (κ3) is 1.66. The van der Waals surface area contributed by atoms with E-state index in [1.807, 2.05) is 12.1 Å². The highest BCUT2D eigenvalue weighted by Crippen LogP contribution is 2.42. The van der Waals surface area contributed by atoms with E-state index in [1.165, 1.54) is 12.8 Å². The van der Waals surface area contributed by atoms with Gasteiger partial charge in [-0.25, -0.2) is 0 Å². The van der Waals surface area contributed by atoms with E-state index >= 15 is 0 Å². The van der Waals surface area contributed by atoms with E-state index in [2.05, 4.69) is 32.4 Å². The Labute approximate surface area is 105 Å². The average molecular weight is 244 g/mol. The molecule has 2 aromatic rings. The van der Waals surface area contributed by atoms with Crippen LogP contribution in [0.4, 0.5) is 0 Å². The lowest BCUT2D eigenvalue weighted by atomic mass is 10.0. The molecule has 3 heterocycles. The molecule has 0 amide bonds. The minimum Gasteiger partial charge on any atom is -0.343 e. The Morgan fingerprint density at radius 3 is 2.67 bits per heavy atom. The summed E-state index contributed by atoms with van der Waals surface area (Å²) in [6.45, 7) is 1.92. The van der Waals surface area contributed by atoms with Crippen molar-refractivity contribution in [3.63, 3.8) is 0 Å². The van der Waals surface area contributed by atoms with Gasteiger partial charge in [0.1, 0.15) is 0 Å². The highest BCUT2D eigenvalue weighted by Gasteiger charge is 2.37. The van der Waals surface area contributed by atoms with Crippen LogP contribution in [0.2, 0.25) is 0 Å². The van der Waals surface area contributed by atoms with E-state index in [9.17, 15) is 0 Å². The number of aromatic nitrogens is 3. The summed E-state index contributed by atoms with van der Waals surface area (Å²) in [4.78, 5) is 4.61. The molecule has 4 rings (SSSR count). The summed E-state index contributed by atoms with van der Waals surface area (Å²) >= 11 is 0. The van der Waals surface area contributed by atoms with Crippen LogP contribution in [-0.2, 0) is 0 Å². The first kappa shape index (κ1) is 10.3. The molecule has 0 bridgehead atoms. The number of nitrogens with one attached hydrogen (secondary N) is 1. The fraction of sp³-hybridized carbons (Fsp3) is 0.538. The summed E-state index contributed by atoms with van der Waals surface area (Å²) in [6, 6.07) is 4.35.